The number of allylic oxidation sites excluding steroid dienone is 2. The van der Waals surface area contributed by atoms with Crippen LogP contribution < -0.4 is 10.6 Å². The maximum absolute atomic E-state index is 12.8. The summed E-state index contributed by atoms with van der Waals surface area (Å²) in [5, 5.41) is 4.95. The fraction of sp³-hybridized carbons (Fsp3) is 0.111. The molecule has 2 N–H and O–H groups in total. The molecule has 2 aliphatic heterocycles. The van der Waals surface area contributed by atoms with Gasteiger partial charge in [-0.2, -0.15) is 26.3 Å². The third-order valence-electron chi connectivity index (χ3n) is 4.41. The average molecular weight is 398 g/mol. The van der Waals surface area contributed by atoms with Crippen molar-refractivity contribution in [3.05, 3.63) is 70.0 Å². The van der Waals surface area contributed by atoms with Gasteiger partial charge in [-0.05, 0) is 36.4 Å². The minimum absolute atomic E-state index is 0.0722. The molecule has 0 unspecified atom stereocenters. The van der Waals surface area contributed by atoms with Gasteiger partial charge in [-0.1, -0.05) is 0 Å². The largest absolute Gasteiger partial charge is 0.416 e. The Hall–Kier alpha value is -3.30. The van der Waals surface area contributed by atoms with Crippen LogP contribution in [-0.4, -0.2) is 11.6 Å². The van der Waals surface area contributed by atoms with Crippen LogP contribution in [0.3, 0.4) is 0 Å². The highest BCUT2D eigenvalue weighted by Gasteiger charge is 2.39. The molecule has 0 amide bonds. The van der Waals surface area contributed by atoms with Crippen LogP contribution in [0.5, 0.6) is 0 Å². The van der Waals surface area contributed by atoms with Gasteiger partial charge in [0.2, 0.25) is 11.6 Å². The van der Waals surface area contributed by atoms with Gasteiger partial charge in [0.1, 0.15) is 11.4 Å². The van der Waals surface area contributed by atoms with Crippen molar-refractivity contribution in [2.75, 3.05) is 10.6 Å². The molecule has 0 saturated carbocycles. The fourth-order valence-electron chi connectivity index (χ4n) is 3.05. The van der Waals surface area contributed by atoms with Crippen LogP contribution in [0.1, 0.15) is 31.8 Å². The van der Waals surface area contributed by atoms with Crippen molar-refractivity contribution in [1.82, 2.24) is 0 Å². The van der Waals surface area contributed by atoms with E-state index in [9.17, 15) is 35.9 Å². The molecule has 0 atom stereocenters. The lowest BCUT2D eigenvalue weighted by atomic mass is 10.0. The number of anilines is 2. The van der Waals surface area contributed by atoms with E-state index in [0.29, 0.717) is 0 Å². The molecule has 0 bridgehead atoms. The Kier molecular flexibility index (Phi) is 3.62. The standard InChI is InChI=1S/C18H8F6N2O2/c19-17(20,21)7-1-3-9-11(5-7)25-13(15(9)27)14-16(28)10-4-2-8(18(22,23)24)6-12(10)26-14/h1-6,25-26H/b14-13+. The first-order valence-electron chi connectivity index (χ1n) is 7.77. The molecule has 0 spiro atoms. The zero-order valence-corrected chi connectivity index (χ0v) is 13.5. The summed E-state index contributed by atoms with van der Waals surface area (Å²) >= 11 is 0. The maximum atomic E-state index is 12.8. The topological polar surface area (TPSA) is 58.2 Å². The van der Waals surface area contributed by atoms with Crippen molar-refractivity contribution >= 4 is 22.9 Å². The number of fused-ring (bicyclic) bond motifs is 2. The maximum Gasteiger partial charge on any atom is 0.416 e. The predicted octanol–water partition coefficient (Wildman–Crippen LogP) is 4.85. The molecule has 0 fully saturated rings. The predicted molar refractivity (Wildman–Crippen MR) is 85.8 cm³/mol. The Labute approximate surface area is 152 Å². The zero-order valence-electron chi connectivity index (χ0n) is 13.5. The molecular weight excluding hydrogens is 390 g/mol. The lowest BCUT2D eigenvalue weighted by Gasteiger charge is -2.08. The molecule has 0 aliphatic carbocycles. The molecule has 2 heterocycles. The highest BCUT2D eigenvalue weighted by atomic mass is 19.4. The number of carbonyl (C=O) groups is 2. The van der Waals surface area contributed by atoms with E-state index in [0.717, 1.165) is 36.4 Å². The van der Waals surface area contributed by atoms with Crippen molar-refractivity contribution in [3.8, 4) is 0 Å². The van der Waals surface area contributed by atoms with Gasteiger partial charge in [0.15, 0.2) is 0 Å². The number of halogens is 6. The number of rotatable bonds is 0. The minimum atomic E-state index is -4.62. The molecule has 0 aromatic heterocycles. The van der Waals surface area contributed by atoms with E-state index in [1.165, 1.54) is 0 Å². The van der Waals surface area contributed by atoms with Crippen LogP contribution in [0.15, 0.2) is 47.8 Å². The first kappa shape index (κ1) is 18.1. The second-order valence-electron chi connectivity index (χ2n) is 6.17. The van der Waals surface area contributed by atoms with E-state index in [1.807, 2.05) is 0 Å². The fourth-order valence-corrected chi connectivity index (χ4v) is 3.05. The van der Waals surface area contributed by atoms with Crippen LogP contribution in [0, 0.1) is 0 Å². The summed E-state index contributed by atoms with van der Waals surface area (Å²) in [5.74, 6) is -1.47. The lowest BCUT2D eigenvalue weighted by Crippen LogP contribution is -2.13. The van der Waals surface area contributed by atoms with Crippen LogP contribution in [-0.2, 0) is 12.4 Å². The molecule has 2 aromatic carbocycles. The zero-order chi connectivity index (χ0) is 20.4. The number of hydrogen-bond acceptors (Lipinski definition) is 4. The second-order valence-corrected chi connectivity index (χ2v) is 6.17. The minimum Gasteiger partial charge on any atom is -0.350 e. The molecule has 2 aliphatic rings. The number of Topliss-reactive ketones (excluding diaryl/α,β-unsaturated/α-hetero) is 2. The summed E-state index contributed by atoms with van der Waals surface area (Å²) < 4.78 is 77.1. The third kappa shape index (κ3) is 2.72. The third-order valence-corrected chi connectivity index (χ3v) is 4.41. The van der Waals surface area contributed by atoms with Crippen molar-refractivity contribution in [2.24, 2.45) is 0 Å². The van der Waals surface area contributed by atoms with Gasteiger partial charge >= 0.3 is 12.4 Å². The summed E-state index contributed by atoms with van der Waals surface area (Å²) in [6.45, 7) is 0. The van der Waals surface area contributed by atoms with Crippen LogP contribution in [0.2, 0.25) is 0 Å². The molecule has 10 heteroatoms. The van der Waals surface area contributed by atoms with Crippen LogP contribution in [0.25, 0.3) is 0 Å². The summed E-state index contributed by atoms with van der Waals surface area (Å²) in [6, 6.07) is 4.90. The van der Waals surface area contributed by atoms with E-state index in [2.05, 4.69) is 10.6 Å². The highest BCUT2D eigenvalue weighted by Crippen LogP contribution is 2.40. The molecule has 0 saturated heterocycles. The first-order chi connectivity index (χ1) is 13.0. The van der Waals surface area contributed by atoms with E-state index in [4.69, 9.17) is 0 Å². The van der Waals surface area contributed by atoms with Crippen molar-refractivity contribution < 1.29 is 35.9 Å². The quantitative estimate of drug-likeness (QED) is 0.492. The highest BCUT2D eigenvalue weighted by molar-refractivity contribution is 6.27. The Bertz CT molecular complexity index is 997. The molecule has 0 radical (unpaired) electrons. The number of carbonyl (C=O) groups excluding carboxylic acids is 2. The lowest BCUT2D eigenvalue weighted by molar-refractivity contribution is -0.138. The van der Waals surface area contributed by atoms with Gasteiger partial charge in [-0.25, -0.2) is 0 Å². The van der Waals surface area contributed by atoms with Crippen LogP contribution in [0.4, 0.5) is 37.7 Å². The van der Waals surface area contributed by atoms with E-state index in [1.54, 1.807) is 0 Å². The van der Waals surface area contributed by atoms with Gasteiger partial charge < -0.3 is 10.6 Å². The normalized spacial score (nSPS) is 18.6. The Morgan fingerprint density at radius 2 is 0.964 bits per heavy atom. The molecule has 4 rings (SSSR count). The number of ketones is 2. The molecule has 28 heavy (non-hydrogen) atoms. The van der Waals surface area contributed by atoms with Gasteiger partial charge in [-0.3, -0.25) is 9.59 Å². The Morgan fingerprint density at radius 1 is 0.607 bits per heavy atom. The van der Waals surface area contributed by atoms with Gasteiger partial charge in [-0.15, -0.1) is 0 Å². The number of nitrogens with one attached hydrogen (secondary N) is 2. The van der Waals surface area contributed by atoms with Gasteiger partial charge in [0.05, 0.1) is 22.5 Å². The number of alkyl halides is 6. The van der Waals surface area contributed by atoms with Crippen molar-refractivity contribution in [1.29, 1.82) is 0 Å². The van der Waals surface area contributed by atoms with E-state index >= 15 is 0 Å². The number of benzene rings is 2. The van der Waals surface area contributed by atoms with Gasteiger partial charge in [0.25, 0.3) is 0 Å². The smallest absolute Gasteiger partial charge is 0.350 e. The molecular formula is C18H8F6N2O2. The summed E-state index contributed by atoms with van der Waals surface area (Å²) in [7, 11) is 0. The second kappa shape index (κ2) is 5.60. The number of hydrogen-bond donors (Lipinski definition) is 2. The van der Waals surface area contributed by atoms with Crippen molar-refractivity contribution in [3.63, 3.8) is 0 Å². The Balaban J connectivity index is 1.74. The SMILES string of the molecule is O=C1/C(=C2\Nc3cc(C(F)(F)F)ccc3C2=O)Nc2cc(C(F)(F)F)ccc21. The van der Waals surface area contributed by atoms with Crippen LogP contribution >= 0.6 is 0 Å². The first-order valence-corrected chi connectivity index (χ1v) is 7.77. The van der Waals surface area contributed by atoms with Gasteiger partial charge in [0, 0.05) is 11.1 Å². The molecule has 144 valence electrons. The summed E-state index contributed by atoms with van der Waals surface area (Å²) in [5.41, 5.74) is -3.02. The monoisotopic (exact) mass is 398 g/mol. The average Bonchev–Trinajstić information content (AvgIpc) is 3.10. The molecule has 2 aromatic rings. The summed E-state index contributed by atoms with van der Waals surface area (Å²) in [4.78, 5) is 25.0. The van der Waals surface area contributed by atoms with E-state index in [-0.39, 0.29) is 33.9 Å². The molecule has 4 nitrogen and oxygen atoms in total. The van der Waals surface area contributed by atoms with Crippen molar-refractivity contribution in [2.45, 2.75) is 12.4 Å². The van der Waals surface area contributed by atoms with E-state index < -0.39 is 35.0 Å². The summed E-state index contributed by atoms with van der Waals surface area (Å²) in [6.07, 6.45) is -9.25. The Morgan fingerprint density at radius 3 is 1.29 bits per heavy atom.